The average molecular weight is 571 g/mol. The van der Waals surface area contributed by atoms with Crippen LogP contribution in [0.4, 0.5) is 11.4 Å². The van der Waals surface area contributed by atoms with E-state index in [-0.39, 0.29) is 16.8 Å². The maximum Gasteiger partial charge on any atom is 0.262 e. The van der Waals surface area contributed by atoms with Crippen molar-refractivity contribution in [1.82, 2.24) is 9.80 Å². The number of aryl methyl sites for hydroxylation is 2. The van der Waals surface area contributed by atoms with E-state index in [9.17, 15) is 13.2 Å². The van der Waals surface area contributed by atoms with Gasteiger partial charge in [-0.1, -0.05) is 48.5 Å². The van der Waals surface area contributed by atoms with Crippen molar-refractivity contribution in [1.29, 1.82) is 0 Å². The van der Waals surface area contributed by atoms with Gasteiger partial charge in [0.1, 0.15) is 0 Å². The number of nitrogens with zero attached hydrogens (tertiary/aromatic N) is 2. The van der Waals surface area contributed by atoms with Crippen molar-refractivity contribution in [3.8, 4) is 0 Å². The van der Waals surface area contributed by atoms with Gasteiger partial charge in [0, 0.05) is 46.8 Å². The van der Waals surface area contributed by atoms with Gasteiger partial charge in [-0.15, -0.1) is 0 Å². The fourth-order valence-electron chi connectivity index (χ4n) is 5.65. The molecule has 0 radical (unpaired) electrons. The highest BCUT2D eigenvalue weighted by Crippen LogP contribution is 2.36. The third kappa shape index (κ3) is 6.30. The fourth-order valence-corrected chi connectivity index (χ4v) is 6.91. The van der Waals surface area contributed by atoms with Gasteiger partial charge < -0.3 is 10.2 Å². The van der Waals surface area contributed by atoms with Crippen molar-refractivity contribution < 1.29 is 13.2 Å². The number of rotatable bonds is 9. The predicted octanol–water partition coefficient (Wildman–Crippen LogP) is 6.07. The minimum absolute atomic E-state index is 0.166. The molecule has 0 saturated carbocycles. The normalized spacial score (nSPS) is 15.2. The number of fused-ring (bicyclic) bond motifs is 2. The number of likely N-dealkylation sites (N-methyl/N-ethyl adjacent to an activating group) is 2. The lowest BCUT2D eigenvalue weighted by molar-refractivity contribution is 0.102. The lowest BCUT2D eigenvalue weighted by Gasteiger charge is -2.34. The summed E-state index contributed by atoms with van der Waals surface area (Å²) in [5, 5.41) is 4.18. The summed E-state index contributed by atoms with van der Waals surface area (Å²) in [6.07, 6.45) is 3.17. The molecule has 4 aromatic carbocycles. The number of hydrogen-bond acceptors (Lipinski definition) is 5. The van der Waals surface area contributed by atoms with Crippen LogP contribution in [0.25, 0.3) is 10.8 Å². The first-order chi connectivity index (χ1) is 19.6. The van der Waals surface area contributed by atoms with E-state index in [1.165, 1.54) is 11.1 Å². The Kier molecular flexibility index (Phi) is 8.45. The van der Waals surface area contributed by atoms with Gasteiger partial charge in [-0.05, 0) is 94.4 Å². The largest absolute Gasteiger partial charge is 0.321 e. The van der Waals surface area contributed by atoms with Crippen molar-refractivity contribution in [3.05, 3.63) is 101 Å². The van der Waals surface area contributed by atoms with Crippen LogP contribution in [0.3, 0.4) is 0 Å². The van der Waals surface area contributed by atoms with Crippen LogP contribution in [-0.4, -0.2) is 58.4 Å². The number of amides is 1. The third-order valence-electron chi connectivity index (χ3n) is 7.92. The first kappa shape index (κ1) is 28.8. The van der Waals surface area contributed by atoms with Gasteiger partial charge in [-0.25, -0.2) is 8.42 Å². The van der Waals surface area contributed by atoms with Crippen LogP contribution in [0.5, 0.6) is 0 Å². The smallest absolute Gasteiger partial charge is 0.262 e. The number of hydrogen-bond donors (Lipinski definition) is 2. The van der Waals surface area contributed by atoms with E-state index < -0.39 is 10.0 Å². The molecular formula is C33H38N4O3S. The Morgan fingerprint density at radius 1 is 0.902 bits per heavy atom. The van der Waals surface area contributed by atoms with E-state index in [1.807, 2.05) is 49.4 Å². The van der Waals surface area contributed by atoms with Crippen molar-refractivity contribution in [3.63, 3.8) is 0 Å². The number of carbonyl (C=O) groups is 1. The van der Waals surface area contributed by atoms with Crippen molar-refractivity contribution >= 4 is 38.1 Å². The van der Waals surface area contributed by atoms with Crippen molar-refractivity contribution in [2.75, 3.05) is 44.3 Å². The predicted molar refractivity (Wildman–Crippen MR) is 167 cm³/mol. The van der Waals surface area contributed by atoms with Gasteiger partial charge >= 0.3 is 0 Å². The van der Waals surface area contributed by atoms with Crippen LogP contribution in [0, 0.1) is 6.92 Å². The highest BCUT2D eigenvalue weighted by molar-refractivity contribution is 7.93. The maximum absolute atomic E-state index is 13.8. The Morgan fingerprint density at radius 3 is 2.39 bits per heavy atom. The highest BCUT2D eigenvalue weighted by atomic mass is 32.2. The van der Waals surface area contributed by atoms with Crippen LogP contribution < -0.4 is 10.0 Å². The van der Waals surface area contributed by atoms with Crippen LogP contribution >= 0.6 is 0 Å². The lowest BCUT2D eigenvalue weighted by Crippen LogP contribution is -2.33. The number of anilines is 2. The number of benzene rings is 4. The first-order valence-electron chi connectivity index (χ1n) is 14.0. The summed E-state index contributed by atoms with van der Waals surface area (Å²) in [5.41, 5.74) is 5.03. The second-order valence-electron chi connectivity index (χ2n) is 11.1. The zero-order chi connectivity index (χ0) is 29.1. The summed E-state index contributed by atoms with van der Waals surface area (Å²) < 4.78 is 30.4. The molecule has 0 spiro atoms. The van der Waals surface area contributed by atoms with Crippen molar-refractivity contribution in [2.45, 2.75) is 37.1 Å². The zero-order valence-corrected chi connectivity index (χ0v) is 25.0. The molecule has 8 heteroatoms. The Morgan fingerprint density at radius 2 is 1.63 bits per heavy atom. The van der Waals surface area contributed by atoms with Crippen LogP contribution in [0.1, 0.15) is 45.9 Å². The molecule has 1 aliphatic carbocycles. The minimum atomic E-state index is -3.91. The molecule has 5 rings (SSSR count). The molecule has 2 N–H and O–H groups in total. The summed E-state index contributed by atoms with van der Waals surface area (Å²) in [7, 11) is 2.38. The third-order valence-corrected chi connectivity index (χ3v) is 9.36. The number of carbonyl (C=O) groups excluding carboxylic acids is 1. The molecule has 0 fully saturated rings. The monoisotopic (exact) mass is 570 g/mol. The Labute approximate surface area is 243 Å². The minimum Gasteiger partial charge on any atom is -0.321 e. The van der Waals surface area contributed by atoms with Gasteiger partial charge in [0.15, 0.2) is 0 Å². The first-order valence-corrected chi connectivity index (χ1v) is 15.5. The van der Waals surface area contributed by atoms with E-state index in [1.54, 1.807) is 30.3 Å². The second-order valence-corrected chi connectivity index (χ2v) is 12.8. The molecule has 214 valence electrons. The van der Waals surface area contributed by atoms with Crippen LogP contribution in [-0.2, 0) is 16.4 Å². The summed E-state index contributed by atoms with van der Waals surface area (Å²) in [6.45, 7) is 3.79. The van der Waals surface area contributed by atoms with Crippen molar-refractivity contribution in [2.24, 2.45) is 0 Å². The molecule has 0 saturated heterocycles. The standard InChI is InChI=1S/C33H38N4O3S/c1-23-10-5-6-12-26(23)33(38)34-30-18-19-32(28-14-8-7-13-27(28)30)41(39,40)35-25-17-16-24-11-9-15-31(29(24)22-25)37(4)21-20-36(2)3/h5-8,10,12-14,16-19,22,31,35H,9,11,15,20-21H2,1-4H3,(H,34,38). The Bertz CT molecular complexity index is 1680. The summed E-state index contributed by atoms with van der Waals surface area (Å²) in [5.74, 6) is -0.235. The summed E-state index contributed by atoms with van der Waals surface area (Å²) in [6, 6.07) is 24.0. The second kappa shape index (κ2) is 12.0. The lowest BCUT2D eigenvalue weighted by atomic mass is 9.86. The summed E-state index contributed by atoms with van der Waals surface area (Å²) >= 11 is 0. The molecule has 1 aliphatic rings. The van der Waals surface area contributed by atoms with Gasteiger partial charge in [-0.2, -0.15) is 0 Å². The molecule has 1 unspecified atom stereocenters. The van der Waals surface area contributed by atoms with Crippen LogP contribution in [0.2, 0.25) is 0 Å². The van der Waals surface area contributed by atoms with E-state index in [0.29, 0.717) is 27.7 Å². The average Bonchev–Trinajstić information content (AvgIpc) is 2.95. The van der Waals surface area contributed by atoms with Gasteiger partial charge in [0.2, 0.25) is 0 Å². The maximum atomic E-state index is 13.8. The molecule has 0 aliphatic heterocycles. The van der Waals surface area contributed by atoms with Gasteiger partial charge in [0.05, 0.1) is 4.90 Å². The molecule has 7 nitrogen and oxygen atoms in total. The molecule has 1 amide bonds. The molecule has 4 aromatic rings. The Balaban J connectivity index is 1.43. The molecular weight excluding hydrogens is 532 g/mol. The highest BCUT2D eigenvalue weighted by Gasteiger charge is 2.26. The Hall–Kier alpha value is -3.72. The van der Waals surface area contributed by atoms with E-state index in [0.717, 1.165) is 37.9 Å². The fraction of sp³-hybridized carbons (Fsp3) is 0.303. The van der Waals surface area contributed by atoms with Gasteiger partial charge in [-0.3, -0.25) is 14.4 Å². The van der Waals surface area contributed by atoms with E-state index in [2.05, 4.69) is 47.0 Å². The zero-order valence-electron chi connectivity index (χ0n) is 24.1. The van der Waals surface area contributed by atoms with Crippen LogP contribution in [0.15, 0.2) is 83.8 Å². The molecule has 41 heavy (non-hydrogen) atoms. The van der Waals surface area contributed by atoms with E-state index in [4.69, 9.17) is 0 Å². The van der Waals surface area contributed by atoms with E-state index >= 15 is 0 Å². The number of sulfonamides is 1. The topological polar surface area (TPSA) is 81.7 Å². The van der Waals surface area contributed by atoms with Gasteiger partial charge in [0.25, 0.3) is 15.9 Å². The molecule has 1 atom stereocenters. The number of nitrogens with one attached hydrogen (secondary N) is 2. The SMILES string of the molecule is Cc1ccccc1C(=O)Nc1ccc(S(=O)(=O)Nc2ccc3c(c2)C(N(C)CCN(C)C)CCC3)c2ccccc12. The molecule has 0 bridgehead atoms. The quantitative estimate of drug-likeness (QED) is 0.255. The molecule has 0 aromatic heterocycles. The molecule has 0 heterocycles. The summed E-state index contributed by atoms with van der Waals surface area (Å²) in [4.78, 5) is 17.7.